The first-order valence-electron chi connectivity index (χ1n) is 6.83. The molecule has 2 rings (SSSR count). The van der Waals surface area contributed by atoms with Crippen LogP contribution in [0.5, 0.6) is 0 Å². The molecule has 1 N–H and O–H groups in total. The van der Waals surface area contributed by atoms with Gasteiger partial charge in [-0.15, -0.1) is 0 Å². The third kappa shape index (κ3) is 2.99. The monoisotopic (exact) mass is 267 g/mol. The zero-order valence-electron chi connectivity index (χ0n) is 11.2. The molecule has 0 spiro atoms. The van der Waals surface area contributed by atoms with E-state index in [4.69, 9.17) is 11.6 Å². The highest BCUT2D eigenvalue weighted by Gasteiger charge is 2.19. The van der Waals surface area contributed by atoms with Gasteiger partial charge in [0.15, 0.2) is 0 Å². The molecule has 0 saturated carbocycles. The minimum Gasteiger partial charge on any atom is -0.389 e. The van der Waals surface area contributed by atoms with E-state index in [9.17, 15) is 5.11 Å². The molecular weight excluding hydrogens is 246 g/mol. The second-order valence-corrected chi connectivity index (χ2v) is 5.69. The molecule has 1 unspecified atom stereocenters. The largest absolute Gasteiger partial charge is 0.389 e. The smallest absolute Gasteiger partial charge is 0.0762 e. The highest BCUT2D eigenvalue weighted by atomic mass is 35.5. The van der Waals surface area contributed by atoms with E-state index >= 15 is 0 Å². The van der Waals surface area contributed by atoms with Gasteiger partial charge in [-0.25, -0.2) is 0 Å². The Balaban J connectivity index is 2.26. The van der Waals surface area contributed by atoms with Crippen molar-refractivity contribution < 1.29 is 5.11 Å². The number of hydrogen-bond donors (Lipinski definition) is 1. The van der Waals surface area contributed by atoms with Crippen molar-refractivity contribution in [3.8, 4) is 0 Å². The van der Waals surface area contributed by atoms with Gasteiger partial charge in [0.1, 0.15) is 0 Å². The van der Waals surface area contributed by atoms with E-state index in [1.807, 2.05) is 18.2 Å². The number of aliphatic hydroxyl groups is 1. The lowest BCUT2D eigenvalue weighted by molar-refractivity contribution is 0.199. The summed E-state index contributed by atoms with van der Waals surface area (Å²) in [6.45, 7) is 5.11. The van der Waals surface area contributed by atoms with Crippen molar-refractivity contribution in [3.05, 3.63) is 28.8 Å². The van der Waals surface area contributed by atoms with Crippen LogP contribution in [0.3, 0.4) is 0 Å². The normalized spacial score (nSPS) is 22.7. The zero-order valence-corrected chi connectivity index (χ0v) is 12.0. The third-order valence-corrected chi connectivity index (χ3v) is 4.12. The predicted octanol–water partition coefficient (Wildman–Crippen LogP) is 4.16. The molecule has 2 nitrogen and oxygen atoms in total. The number of halogens is 1. The van der Waals surface area contributed by atoms with Crippen molar-refractivity contribution in [2.75, 3.05) is 11.4 Å². The number of benzene rings is 1. The van der Waals surface area contributed by atoms with Gasteiger partial charge in [-0.1, -0.05) is 30.5 Å². The minimum absolute atomic E-state index is 0.460. The maximum atomic E-state index is 9.57. The van der Waals surface area contributed by atoms with Gasteiger partial charge in [-0.05, 0) is 44.4 Å². The summed E-state index contributed by atoms with van der Waals surface area (Å²) in [5, 5.41) is 10.3. The van der Waals surface area contributed by atoms with Gasteiger partial charge in [0.25, 0.3) is 0 Å². The molecule has 1 aliphatic rings. The van der Waals surface area contributed by atoms with Gasteiger partial charge in [-0.2, -0.15) is 0 Å². The molecule has 1 aromatic rings. The predicted molar refractivity (Wildman–Crippen MR) is 77.4 cm³/mol. The fraction of sp³-hybridized carbons (Fsp3) is 0.600. The molecule has 0 amide bonds. The van der Waals surface area contributed by atoms with Gasteiger partial charge < -0.3 is 10.0 Å². The fourth-order valence-corrected chi connectivity index (χ4v) is 2.95. The van der Waals surface area contributed by atoms with Crippen LogP contribution in [-0.2, 0) is 0 Å². The van der Waals surface area contributed by atoms with Gasteiger partial charge in [-0.3, -0.25) is 0 Å². The summed E-state index contributed by atoms with van der Waals surface area (Å²) < 4.78 is 0. The zero-order chi connectivity index (χ0) is 13.1. The average Bonchev–Trinajstić information content (AvgIpc) is 2.54. The first-order chi connectivity index (χ1) is 8.59. The fourth-order valence-electron chi connectivity index (χ4n) is 2.65. The third-order valence-electron chi connectivity index (χ3n) is 3.82. The SMILES string of the molecule is CC1CCCCCN1c1ccc([C@H](C)O)cc1Cl. The first kappa shape index (κ1) is 13.7. The van der Waals surface area contributed by atoms with Gasteiger partial charge in [0.05, 0.1) is 16.8 Å². The number of rotatable bonds is 2. The number of anilines is 1. The van der Waals surface area contributed by atoms with Crippen LogP contribution in [0.25, 0.3) is 0 Å². The maximum absolute atomic E-state index is 9.57. The van der Waals surface area contributed by atoms with Crippen molar-refractivity contribution in [3.63, 3.8) is 0 Å². The molecule has 1 aromatic carbocycles. The van der Waals surface area contributed by atoms with Crippen LogP contribution in [0.4, 0.5) is 5.69 Å². The molecule has 0 bridgehead atoms. The summed E-state index contributed by atoms with van der Waals surface area (Å²) in [4.78, 5) is 2.40. The number of nitrogens with zero attached hydrogens (tertiary/aromatic N) is 1. The highest BCUT2D eigenvalue weighted by molar-refractivity contribution is 6.33. The van der Waals surface area contributed by atoms with E-state index in [0.29, 0.717) is 6.04 Å². The molecule has 100 valence electrons. The van der Waals surface area contributed by atoms with Crippen LogP contribution in [0.1, 0.15) is 51.2 Å². The minimum atomic E-state index is -0.460. The quantitative estimate of drug-likeness (QED) is 0.870. The van der Waals surface area contributed by atoms with E-state index in [1.165, 1.54) is 25.7 Å². The molecule has 1 fully saturated rings. The van der Waals surface area contributed by atoms with Crippen molar-refractivity contribution in [1.82, 2.24) is 0 Å². The van der Waals surface area contributed by atoms with Crippen LogP contribution in [0.2, 0.25) is 5.02 Å². The van der Waals surface area contributed by atoms with Crippen LogP contribution in [-0.4, -0.2) is 17.7 Å². The van der Waals surface area contributed by atoms with Crippen molar-refractivity contribution in [2.24, 2.45) is 0 Å². The Hall–Kier alpha value is -0.730. The first-order valence-corrected chi connectivity index (χ1v) is 7.21. The van der Waals surface area contributed by atoms with E-state index in [2.05, 4.69) is 11.8 Å². The van der Waals surface area contributed by atoms with Crippen LogP contribution < -0.4 is 4.90 Å². The Morgan fingerprint density at radius 3 is 2.78 bits per heavy atom. The summed E-state index contributed by atoms with van der Waals surface area (Å²) in [6.07, 6.45) is 4.62. The lowest BCUT2D eigenvalue weighted by Crippen LogP contribution is -2.32. The Morgan fingerprint density at radius 2 is 2.11 bits per heavy atom. The van der Waals surface area contributed by atoms with Crippen molar-refractivity contribution in [2.45, 2.75) is 51.7 Å². The molecule has 0 aromatic heterocycles. The van der Waals surface area contributed by atoms with E-state index in [1.54, 1.807) is 6.92 Å². The molecule has 0 aliphatic carbocycles. The van der Waals surface area contributed by atoms with E-state index < -0.39 is 6.10 Å². The maximum Gasteiger partial charge on any atom is 0.0762 e. The molecule has 2 atom stereocenters. The van der Waals surface area contributed by atoms with Gasteiger partial charge >= 0.3 is 0 Å². The van der Waals surface area contributed by atoms with E-state index in [-0.39, 0.29) is 0 Å². The lowest BCUT2D eigenvalue weighted by Gasteiger charge is -2.30. The highest BCUT2D eigenvalue weighted by Crippen LogP contribution is 2.32. The summed E-state index contributed by atoms with van der Waals surface area (Å²) in [6, 6.07) is 6.46. The van der Waals surface area contributed by atoms with Crippen LogP contribution in [0.15, 0.2) is 18.2 Å². The van der Waals surface area contributed by atoms with Gasteiger partial charge in [0, 0.05) is 12.6 Å². The van der Waals surface area contributed by atoms with Crippen LogP contribution in [0, 0.1) is 0 Å². The standard InChI is InChI=1S/C15H22ClNO/c1-11-6-4-3-5-9-17(11)15-8-7-13(12(2)18)10-14(15)16/h7-8,10-12,18H,3-6,9H2,1-2H3/t11?,12-/m0/s1. The van der Waals surface area contributed by atoms with Gasteiger partial charge in [0.2, 0.25) is 0 Å². The van der Waals surface area contributed by atoms with Crippen LogP contribution >= 0.6 is 11.6 Å². The second kappa shape index (κ2) is 5.94. The number of hydrogen-bond acceptors (Lipinski definition) is 2. The second-order valence-electron chi connectivity index (χ2n) is 5.28. The number of aliphatic hydroxyl groups excluding tert-OH is 1. The Labute approximate surface area is 115 Å². The molecule has 0 radical (unpaired) electrons. The van der Waals surface area contributed by atoms with Crippen molar-refractivity contribution >= 4 is 17.3 Å². The molecule has 1 heterocycles. The molecule has 1 saturated heterocycles. The Kier molecular flexibility index (Phi) is 4.52. The lowest BCUT2D eigenvalue weighted by atomic mass is 10.1. The van der Waals surface area contributed by atoms with E-state index in [0.717, 1.165) is 22.8 Å². The summed E-state index contributed by atoms with van der Waals surface area (Å²) in [5.74, 6) is 0. The molecule has 18 heavy (non-hydrogen) atoms. The summed E-state index contributed by atoms with van der Waals surface area (Å²) in [7, 11) is 0. The average molecular weight is 268 g/mol. The molecule has 1 aliphatic heterocycles. The topological polar surface area (TPSA) is 23.5 Å². The summed E-state index contributed by atoms with van der Waals surface area (Å²) >= 11 is 6.37. The molecular formula is C15H22ClNO. The molecule has 3 heteroatoms. The Morgan fingerprint density at radius 1 is 1.33 bits per heavy atom. The summed E-state index contributed by atoms with van der Waals surface area (Å²) in [5.41, 5.74) is 1.99. The Bertz CT molecular complexity index is 405. The van der Waals surface area contributed by atoms with Crippen molar-refractivity contribution in [1.29, 1.82) is 0 Å².